The molecule has 0 aromatic heterocycles. The van der Waals surface area contributed by atoms with Crippen molar-refractivity contribution in [2.24, 2.45) is 0 Å². The molecule has 88 valence electrons. The number of esters is 1. The predicted molar refractivity (Wildman–Crippen MR) is 55.6 cm³/mol. The average molecular weight is 217 g/mol. The molecule has 0 bridgehead atoms. The zero-order valence-corrected chi connectivity index (χ0v) is 9.62. The van der Waals surface area contributed by atoms with E-state index < -0.39 is 5.97 Å². The monoisotopic (exact) mass is 217 g/mol. The molecule has 0 aliphatic rings. The molecule has 0 aromatic carbocycles. The molecule has 0 aliphatic heterocycles. The molecule has 0 fully saturated rings. The van der Waals surface area contributed by atoms with Gasteiger partial charge in [0, 0.05) is 6.54 Å². The summed E-state index contributed by atoms with van der Waals surface area (Å²) in [4.78, 5) is 23.4. The first kappa shape index (κ1) is 14.1. The average Bonchev–Trinajstić information content (AvgIpc) is 2.09. The second-order valence-corrected chi connectivity index (χ2v) is 3.51. The minimum absolute atomic E-state index is 0.155. The quantitative estimate of drug-likeness (QED) is 0.327. The molecular weight excluding hydrogens is 198 g/mol. The van der Waals surface area contributed by atoms with Gasteiger partial charge < -0.3 is 14.4 Å². The summed E-state index contributed by atoms with van der Waals surface area (Å²) in [5.41, 5.74) is 0. The fraction of sp³-hybridized carbons (Fsp3) is 0.800. The van der Waals surface area contributed by atoms with E-state index in [1.807, 2.05) is 19.0 Å². The number of ether oxygens (including phenoxy) is 2. The molecule has 0 N–H and O–H groups in total. The molecule has 0 aliphatic carbocycles. The molecular formula is C10H19NO4. The normalized spacial score (nSPS) is 10.4. The van der Waals surface area contributed by atoms with E-state index in [9.17, 15) is 9.59 Å². The Kier molecular flexibility index (Phi) is 7.85. The number of Topliss-reactive ketones (excluding diaryl/α,β-unsaturated/α-hetero) is 1. The van der Waals surface area contributed by atoms with Crippen molar-refractivity contribution < 1.29 is 19.1 Å². The zero-order chi connectivity index (χ0) is 11.7. The topological polar surface area (TPSA) is 55.8 Å². The van der Waals surface area contributed by atoms with Crippen molar-refractivity contribution in [2.45, 2.75) is 13.3 Å². The van der Waals surface area contributed by atoms with Gasteiger partial charge in [0.15, 0.2) is 0 Å². The maximum Gasteiger partial charge on any atom is 0.313 e. The molecule has 0 aromatic rings. The van der Waals surface area contributed by atoms with E-state index in [1.165, 1.54) is 6.92 Å². The van der Waals surface area contributed by atoms with Gasteiger partial charge in [0.05, 0.1) is 13.2 Å². The van der Waals surface area contributed by atoms with Crippen molar-refractivity contribution in [3.63, 3.8) is 0 Å². The summed E-state index contributed by atoms with van der Waals surface area (Å²) in [5, 5.41) is 0. The summed E-state index contributed by atoms with van der Waals surface area (Å²) in [6, 6.07) is 0. The van der Waals surface area contributed by atoms with E-state index >= 15 is 0 Å². The number of carbonyl (C=O) groups excluding carboxylic acids is 2. The van der Waals surface area contributed by atoms with E-state index in [0.717, 1.165) is 6.54 Å². The highest BCUT2D eigenvalue weighted by Gasteiger charge is 2.05. The van der Waals surface area contributed by atoms with Gasteiger partial charge in [0.2, 0.25) is 0 Å². The summed E-state index contributed by atoms with van der Waals surface area (Å²) in [5.74, 6) is -0.674. The number of likely N-dealkylation sites (N-methyl/N-ethyl adjacent to an activating group) is 1. The Hall–Kier alpha value is -0.940. The maximum absolute atomic E-state index is 10.9. The fourth-order valence-electron chi connectivity index (χ4n) is 0.818. The lowest BCUT2D eigenvalue weighted by atomic mass is 10.3. The SMILES string of the molecule is CC(=O)CC(=O)OCCOCCN(C)C. The summed E-state index contributed by atoms with van der Waals surface area (Å²) in [6.45, 7) is 3.38. The van der Waals surface area contributed by atoms with Crippen molar-refractivity contribution in [1.82, 2.24) is 4.90 Å². The smallest absolute Gasteiger partial charge is 0.313 e. The van der Waals surface area contributed by atoms with Gasteiger partial charge in [-0.25, -0.2) is 0 Å². The van der Waals surface area contributed by atoms with Gasteiger partial charge >= 0.3 is 5.97 Å². The van der Waals surface area contributed by atoms with Crippen LogP contribution in [-0.4, -0.2) is 57.1 Å². The first-order valence-corrected chi connectivity index (χ1v) is 4.90. The number of ketones is 1. The second kappa shape index (κ2) is 8.38. The van der Waals surface area contributed by atoms with Crippen molar-refractivity contribution in [2.75, 3.05) is 40.5 Å². The van der Waals surface area contributed by atoms with Crippen molar-refractivity contribution in [3.8, 4) is 0 Å². The lowest BCUT2D eigenvalue weighted by Gasteiger charge is -2.09. The molecule has 0 heterocycles. The van der Waals surface area contributed by atoms with Crippen LogP contribution in [0.25, 0.3) is 0 Å². The van der Waals surface area contributed by atoms with Gasteiger partial charge in [-0.15, -0.1) is 0 Å². The van der Waals surface area contributed by atoms with Gasteiger partial charge in [0.1, 0.15) is 18.8 Å². The van der Waals surface area contributed by atoms with Crippen molar-refractivity contribution in [1.29, 1.82) is 0 Å². The minimum atomic E-state index is -0.487. The Morgan fingerprint density at radius 3 is 2.33 bits per heavy atom. The van der Waals surface area contributed by atoms with E-state index in [4.69, 9.17) is 9.47 Å². The lowest BCUT2D eigenvalue weighted by molar-refractivity contribution is -0.147. The van der Waals surface area contributed by atoms with Gasteiger partial charge in [-0.3, -0.25) is 9.59 Å². The van der Waals surface area contributed by atoms with Gasteiger partial charge in [-0.05, 0) is 21.0 Å². The molecule has 15 heavy (non-hydrogen) atoms. The number of rotatable bonds is 8. The van der Waals surface area contributed by atoms with E-state index in [1.54, 1.807) is 0 Å². The maximum atomic E-state index is 10.9. The number of nitrogens with zero attached hydrogens (tertiary/aromatic N) is 1. The van der Waals surface area contributed by atoms with Crippen LogP contribution in [0.1, 0.15) is 13.3 Å². The lowest BCUT2D eigenvalue weighted by Crippen LogP contribution is -2.20. The molecule has 0 unspecified atom stereocenters. The highest BCUT2D eigenvalue weighted by molar-refractivity contribution is 5.94. The molecule has 0 spiro atoms. The van der Waals surface area contributed by atoms with Gasteiger partial charge in [-0.1, -0.05) is 0 Å². The number of hydrogen-bond donors (Lipinski definition) is 0. The summed E-state index contributed by atoms with van der Waals surface area (Å²) >= 11 is 0. The van der Waals surface area contributed by atoms with Crippen LogP contribution in [0.2, 0.25) is 0 Å². The Morgan fingerprint density at radius 2 is 1.80 bits per heavy atom. The highest BCUT2D eigenvalue weighted by atomic mass is 16.6. The van der Waals surface area contributed by atoms with Crippen LogP contribution in [0.15, 0.2) is 0 Å². The van der Waals surface area contributed by atoms with Gasteiger partial charge in [0.25, 0.3) is 0 Å². The predicted octanol–water partition coefficient (Wildman–Crippen LogP) is 0.0869. The largest absolute Gasteiger partial charge is 0.463 e. The molecule has 0 rings (SSSR count). The molecule has 0 atom stereocenters. The molecule has 0 amide bonds. The highest BCUT2D eigenvalue weighted by Crippen LogP contribution is 1.88. The second-order valence-electron chi connectivity index (χ2n) is 3.51. The van der Waals surface area contributed by atoms with E-state index in [-0.39, 0.29) is 18.8 Å². The third kappa shape index (κ3) is 11.0. The van der Waals surface area contributed by atoms with E-state index in [2.05, 4.69) is 0 Å². The van der Waals surface area contributed by atoms with Crippen LogP contribution in [-0.2, 0) is 19.1 Å². The van der Waals surface area contributed by atoms with Crippen LogP contribution in [0.5, 0.6) is 0 Å². The number of carbonyl (C=O) groups is 2. The third-order valence-corrected chi connectivity index (χ3v) is 1.57. The molecule has 0 saturated heterocycles. The Morgan fingerprint density at radius 1 is 1.13 bits per heavy atom. The van der Waals surface area contributed by atoms with E-state index in [0.29, 0.717) is 13.2 Å². The van der Waals surface area contributed by atoms with Crippen molar-refractivity contribution in [3.05, 3.63) is 0 Å². The van der Waals surface area contributed by atoms with Crippen LogP contribution in [0, 0.1) is 0 Å². The Labute approximate surface area is 90.3 Å². The minimum Gasteiger partial charge on any atom is -0.463 e. The summed E-state index contributed by atoms with van der Waals surface area (Å²) < 4.78 is 9.96. The number of hydrogen-bond acceptors (Lipinski definition) is 5. The molecule has 0 saturated carbocycles. The Bertz CT molecular complexity index is 204. The van der Waals surface area contributed by atoms with Crippen molar-refractivity contribution >= 4 is 11.8 Å². The van der Waals surface area contributed by atoms with Crippen LogP contribution >= 0.6 is 0 Å². The third-order valence-electron chi connectivity index (χ3n) is 1.57. The Balaban J connectivity index is 3.24. The summed E-state index contributed by atoms with van der Waals surface area (Å²) in [6.07, 6.45) is -0.155. The first-order chi connectivity index (χ1) is 7.02. The molecule has 0 radical (unpaired) electrons. The van der Waals surface area contributed by atoms with Crippen LogP contribution < -0.4 is 0 Å². The van der Waals surface area contributed by atoms with Crippen LogP contribution in [0.3, 0.4) is 0 Å². The molecule has 5 nitrogen and oxygen atoms in total. The standard InChI is InChI=1S/C10H19NO4/c1-9(12)8-10(13)15-7-6-14-5-4-11(2)3/h4-8H2,1-3H3. The molecule has 5 heteroatoms. The van der Waals surface area contributed by atoms with Crippen LogP contribution in [0.4, 0.5) is 0 Å². The summed E-state index contributed by atoms with van der Waals surface area (Å²) in [7, 11) is 3.91. The first-order valence-electron chi connectivity index (χ1n) is 4.90. The fourth-order valence-corrected chi connectivity index (χ4v) is 0.818. The zero-order valence-electron chi connectivity index (χ0n) is 9.62. The van der Waals surface area contributed by atoms with Gasteiger partial charge in [-0.2, -0.15) is 0 Å².